The molecule has 1 saturated carbocycles. The van der Waals surface area contributed by atoms with E-state index in [2.05, 4.69) is 11.6 Å². The first-order chi connectivity index (χ1) is 8.72. The summed E-state index contributed by atoms with van der Waals surface area (Å²) in [5.74, 6) is 0.307. The molecule has 18 heavy (non-hydrogen) atoms. The van der Waals surface area contributed by atoms with Crippen molar-refractivity contribution in [1.29, 1.82) is 0 Å². The van der Waals surface area contributed by atoms with Crippen LogP contribution in [0.3, 0.4) is 0 Å². The molecule has 3 nitrogen and oxygen atoms in total. The lowest BCUT2D eigenvalue weighted by atomic mass is 10.1. The second-order valence-corrected chi connectivity index (χ2v) is 6.66. The number of hydrogen-bond donors (Lipinski definition) is 1. The molecule has 1 N–H and O–H groups in total. The maximum absolute atomic E-state index is 12.3. The number of nitrogens with zero attached hydrogens (tertiary/aromatic N) is 1. The van der Waals surface area contributed by atoms with Gasteiger partial charge >= 0.3 is 0 Å². The van der Waals surface area contributed by atoms with Gasteiger partial charge in [0.1, 0.15) is 0 Å². The fourth-order valence-corrected chi connectivity index (χ4v) is 4.12. The van der Waals surface area contributed by atoms with E-state index in [1.54, 1.807) is 0 Å². The highest BCUT2D eigenvalue weighted by molar-refractivity contribution is 7.99. The van der Waals surface area contributed by atoms with E-state index >= 15 is 0 Å². The monoisotopic (exact) mass is 270 g/mol. The van der Waals surface area contributed by atoms with Crippen LogP contribution in [0.2, 0.25) is 0 Å². The van der Waals surface area contributed by atoms with Gasteiger partial charge in [0.15, 0.2) is 0 Å². The number of piperidine rings is 1. The van der Waals surface area contributed by atoms with Crippen molar-refractivity contribution in [2.45, 2.75) is 62.8 Å². The van der Waals surface area contributed by atoms with Crippen molar-refractivity contribution < 1.29 is 4.79 Å². The molecule has 0 aromatic rings. The second kappa shape index (κ2) is 6.80. The maximum atomic E-state index is 12.3. The number of amides is 1. The van der Waals surface area contributed by atoms with Crippen molar-refractivity contribution in [3.63, 3.8) is 0 Å². The second-order valence-electron chi connectivity index (χ2n) is 5.59. The summed E-state index contributed by atoms with van der Waals surface area (Å²) < 4.78 is 0. The van der Waals surface area contributed by atoms with E-state index in [1.165, 1.54) is 38.5 Å². The van der Waals surface area contributed by atoms with Gasteiger partial charge in [0.25, 0.3) is 0 Å². The molecule has 1 amide bonds. The highest BCUT2D eigenvalue weighted by Gasteiger charge is 2.30. The lowest BCUT2D eigenvalue weighted by Gasteiger charge is -2.31. The fraction of sp³-hybridized carbons (Fsp3) is 0.929. The molecule has 1 aliphatic carbocycles. The van der Waals surface area contributed by atoms with E-state index in [1.807, 2.05) is 23.6 Å². The zero-order valence-corrected chi connectivity index (χ0v) is 12.5. The van der Waals surface area contributed by atoms with Crippen LogP contribution in [0.15, 0.2) is 0 Å². The Morgan fingerprint density at radius 2 is 1.94 bits per heavy atom. The Labute approximate surface area is 115 Å². The number of thioether (sulfide) groups is 1. The predicted octanol–water partition coefficient (Wildman–Crippen LogP) is 2.26. The molecule has 1 heterocycles. The Kier molecular flexibility index (Phi) is 5.37. The van der Waals surface area contributed by atoms with Gasteiger partial charge in [-0.2, -0.15) is 11.8 Å². The van der Waals surface area contributed by atoms with Crippen LogP contribution in [-0.4, -0.2) is 47.5 Å². The predicted molar refractivity (Wildman–Crippen MR) is 78.0 cm³/mol. The molecule has 0 bridgehead atoms. The van der Waals surface area contributed by atoms with Crippen molar-refractivity contribution in [1.82, 2.24) is 10.2 Å². The fourth-order valence-electron chi connectivity index (χ4n) is 3.18. The molecule has 1 saturated heterocycles. The zero-order valence-electron chi connectivity index (χ0n) is 11.7. The van der Waals surface area contributed by atoms with Crippen LogP contribution in [0.4, 0.5) is 0 Å². The molecule has 104 valence electrons. The van der Waals surface area contributed by atoms with Crippen LogP contribution in [0.25, 0.3) is 0 Å². The standard InChI is InChI=1S/C14H26N2OS/c1-11(14(17)16-9-4-3-5-10-16)15-12-7-6-8-13(12)18-2/h11-13,15H,3-10H2,1-2H3. The summed E-state index contributed by atoms with van der Waals surface area (Å²) in [6.07, 6.45) is 9.63. The van der Waals surface area contributed by atoms with E-state index in [-0.39, 0.29) is 6.04 Å². The Morgan fingerprint density at radius 3 is 2.61 bits per heavy atom. The van der Waals surface area contributed by atoms with Crippen LogP contribution >= 0.6 is 11.8 Å². The summed E-state index contributed by atoms with van der Waals surface area (Å²) in [7, 11) is 0. The third-order valence-corrected chi connectivity index (χ3v) is 5.43. The highest BCUT2D eigenvalue weighted by Crippen LogP contribution is 2.28. The van der Waals surface area contributed by atoms with Gasteiger partial charge in [-0.15, -0.1) is 0 Å². The Bertz CT molecular complexity index is 279. The van der Waals surface area contributed by atoms with E-state index in [9.17, 15) is 4.79 Å². The molecule has 2 aliphatic rings. The van der Waals surface area contributed by atoms with Crippen LogP contribution in [0.1, 0.15) is 45.4 Å². The molecule has 0 radical (unpaired) electrons. The average Bonchev–Trinajstić information content (AvgIpc) is 2.86. The molecule has 0 spiro atoms. The van der Waals surface area contributed by atoms with Gasteiger partial charge in [-0.1, -0.05) is 6.42 Å². The van der Waals surface area contributed by atoms with Gasteiger partial charge in [0, 0.05) is 24.4 Å². The topological polar surface area (TPSA) is 32.3 Å². The van der Waals surface area contributed by atoms with E-state index in [4.69, 9.17) is 0 Å². The normalized spacial score (nSPS) is 30.4. The van der Waals surface area contributed by atoms with Crippen LogP contribution in [-0.2, 0) is 4.79 Å². The lowest BCUT2D eigenvalue weighted by molar-refractivity contribution is -0.134. The molecular weight excluding hydrogens is 244 g/mol. The largest absolute Gasteiger partial charge is 0.341 e. The van der Waals surface area contributed by atoms with Crippen molar-refractivity contribution in [2.24, 2.45) is 0 Å². The van der Waals surface area contributed by atoms with Crippen LogP contribution in [0.5, 0.6) is 0 Å². The first-order valence-electron chi connectivity index (χ1n) is 7.30. The number of likely N-dealkylation sites (tertiary alicyclic amines) is 1. The minimum Gasteiger partial charge on any atom is -0.341 e. The summed E-state index contributed by atoms with van der Waals surface area (Å²) >= 11 is 1.94. The lowest BCUT2D eigenvalue weighted by Crippen LogP contribution is -2.50. The number of carbonyl (C=O) groups excluding carboxylic acids is 1. The third-order valence-electron chi connectivity index (χ3n) is 4.26. The van der Waals surface area contributed by atoms with Gasteiger partial charge in [0.2, 0.25) is 5.91 Å². The van der Waals surface area contributed by atoms with Crippen molar-refractivity contribution in [3.8, 4) is 0 Å². The third kappa shape index (κ3) is 3.41. The van der Waals surface area contributed by atoms with Crippen molar-refractivity contribution >= 4 is 17.7 Å². The molecule has 2 fully saturated rings. The minimum absolute atomic E-state index is 0.0131. The molecule has 1 aliphatic heterocycles. The first kappa shape index (κ1) is 14.2. The Hall–Kier alpha value is -0.220. The van der Waals surface area contributed by atoms with E-state index < -0.39 is 0 Å². The van der Waals surface area contributed by atoms with E-state index in [0.29, 0.717) is 17.2 Å². The summed E-state index contributed by atoms with van der Waals surface area (Å²) in [6, 6.07) is 0.518. The van der Waals surface area contributed by atoms with Gasteiger partial charge in [-0.05, 0) is 45.3 Å². The highest BCUT2D eigenvalue weighted by atomic mass is 32.2. The SMILES string of the molecule is CSC1CCCC1NC(C)C(=O)N1CCCCC1. The molecule has 0 aromatic heterocycles. The molecule has 3 unspecified atom stereocenters. The zero-order chi connectivity index (χ0) is 13.0. The smallest absolute Gasteiger partial charge is 0.239 e. The van der Waals surface area contributed by atoms with Crippen LogP contribution in [0, 0.1) is 0 Å². The molecule has 4 heteroatoms. The van der Waals surface area contributed by atoms with Crippen LogP contribution < -0.4 is 5.32 Å². The molecule has 2 rings (SSSR count). The minimum atomic E-state index is -0.0131. The average molecular weight is 270 g/mol. The number of carbonyl (C=O) groups is 1. The molecule has 3 atom stereocenters. The Balaban J connectivity index is 1.82. The molecule has 0 aromatic carbocycles. The number of nitrogens with one attached hydrogen (secondary N) is 1. The maximum Gasteiger partial charge on any atom is 0.239 e. The Morgan fingerprint density at radius 1 is 1.22 bits per heavy atom. The molecular formula is C14H26N2OS. The number of hydrogen-bond acceptors (Lipinski definition) is 3. The van der Waals surface area contributed by atoms with Gasteiger partial charge in [-0.3, -0.25) is 4.79 Å². The van der Waals surface area contributed by atoms with Crippen molar-refractivity contribution in [2.75, 3.05) is 19.3 Å². The summed E-state index contributed by atoms with van der Waals surface area (Å²) in [4.78, 5) is 14.4. The summed E-state index contributed by atoms with van der Waals surface area (Å²) in [5.41, 5.74) is 0. The number of rotatable bonds is 4. The van der Waals surface area contributed by atoms with Gasteiger partial charge < -0.3 is 10.2 Å². The summed E-state index contributed by atoms with van der Waals surface area (Å²) in [6.45, 7) is 3.95. The van der Waals surface area contributed by atoms with Gasteiger partial charge in [-0.25, -0.2) is 0 Å². The quantitative estimate of drug-likeness (QED) is 0.850. The summed E-state index contributed by atoms with van der Waals surface area (Å²) in [5, 5.41) is 4.26. The first-order valence-corrected chi connectivity index (χ1v) is 8.59. The van der Waals surface area contributed by atoms with E-state index in [0.717, 1.165) is 13.1 Å². The van der Waals surface area contributed by atoms with Crippen molar-refractivity contribution in [3.05, 3.63) is 0 Å². The van der Waals surface area contributed by atoms with Gasteiger partial charge in [0.05, 0.1) is 6.04 Å².